The average molecular weight is 409 g/mol. The summed E-state index contributed by atoms with van der Waals surface area (Å²) < 4.78 is 0.937. The van der Waals surface area contributed by atoms with E-state index in [4.69, 9.17) is 11.6 Å². The van der Waals surface area contributed by atoms with Gasteiger partial charge in [-0.05, 0) is 42.5 Å². The van der Waals surface area contributed by atoms with Crippen LogP contribution in [0.1, 0.15) is 0 Å². The summed E-state index contributed by atoms with van der Waals surface area (Å²) >= 11 is 9.32. The van der Waals surface area contributed by atoms with E-state index in [0.717, 1.165) is 10.2 Å². The van der Waals surface area contributed by atoms with Crippen LogP contribution in [0.4, 0.5) is 16.2 Å². The second-order valence-electron chi connectivity index (χ2n) is 5.39. The molecule has 2 aromatic carbocycles. The second-order valence-corrected chi connectivity index (χ2v) is 6.74. The van der Waals surface area contributed by atoms with Crippen molar-refractivity contribution in [3.8, 4) is 0 Å². The summed E-state index contributed by atoms with van der Waals surface area (Å²) in [4.78, 5) is 27.8. The van der Waals surface area contributed by atoms with Crippen molar-refractivity contribution in [3.63, 3.8) is 0 Å². The average Bonchev–Trinajstić information content (AvgIpc) is 2.90. The topological polar surface area (TPSA) is 52.7 Å². The van der Waals surface area contributed by atoms with Gasteiger partial charge < -0.3 is 10.2 Å². The summed E-state index contributed by atoms with van der Waals surface area (Å²) in [6.07, 6.45) is 0. The minimum atomic E-state index is -0.224. The van der Waals surface area contributed by atoms with Gasteiger partial charge in [0.1, 0.15) is 6.54 Å². The maximum absolute atomic E-state index is 12.5. The molecule has 0 spiro atoms. The van der Waals surface area contributed by atoms with Crippen LogP contribution < -0.4 is 10.2 Å². The number of hydrogen-bond donors (Lipinski definition) is 1. The van der Waals surface area contributed by atoms with Crippen molar-refractivity contribution < 1.29 is 9.59 Å². The second kappa shape index (κ2) is 7.23. The first-order valence-corrected chi connectivity index (χ1v) is 8.57. The third-order valence-corrected chi connectivity index (χ3v) is 4.44. The molecule has 1 saturated heterocycles. The van der Waals surface area contributed by atoms with Crippen molar-refractivity contribution >= 4 is 50.8 Å². The van der Waals surface area contributed by atoms with Gasteiger partial charge in [-0.1, -0.05) is 33.6 Å². The minimum absolute atomic E-state index is 0.0198. The molecule has 0 bridgehead atoms. The molecule has 0 aromatic heterocycles. The monoisotopic (exact) mass is 407 g/mol. The lowest BCUT2D eigenvalue weighted by atomic mass is 10.3. The summed E-state index contributed by atoms with van der Waals surface area (Å²) in [7, 11) is 0. The zero-order chi connectivity index (χ0) is 17.1. The lowest BCUT2D eigenvalue weighted by Crippen LogP contribution is -2.37. The Morgan fingerprint density at radius 2 is 1.92 bits per heavy atom. The third-order valence-electron chi connectivity index (χ3n) is 3.68. The first-order valence-electron chi connectivity index (χ1n) is 7.40. The van der Waals surface area contributed by atoms with Crippen molar-refractivity contribution in [2.45, 2.75) is 0 Å². The molecule has 1 aliphatic heterocycles. The highest BCUT2D eigenvalue weighted by Crippen LogP contribution is 2.23. The molecule has 0 unspecified atom stereocenters. The molecule has 1 aliphatic rings. The largest absolute Gasteiger partial charge is 0.325 e. The number of anilines is 2. The highest BCUT2D eigenvalue weighted by Gasteiger charge is 2.30. The Hall–Kier alpha value is -2.05. The molecule has 1 heterocycles. The van der Waals surface area contributed by atoms with Gasteiger partial charge in [-0.2, -0.15) is 0 Å². The predicted octanol–water partition coefficient (Wildman–Crippen LogP) is 3.98. The standard InChI is InChI=1S/C17H15BrClN3O2/c18-12-4-6-14(7-5-12)20-16(23)11-21-8-9-22(17(21)24)15-3-1-2-13(19)10-15/h1-7,10H,8-9,11H2,(H,20,23). The number of amides is 3. The fourth-order valence-electron chi connectivity index (χ4n) is 2.52. The quantitative estimate of drug-likeness (QED) is 0.832. The fraction of sp³-hybridized carbons (Fsp3) is 0.176. The number of carbonyl (C=O) groups excluding carboxylic acids is 2. The van der Waals surface area contributed by atoms with Crippen LogP contribution in [0.2, 0.25) is 5.02 Å². The van der Waals surface area contributed by atoms with Crippen molar-refractivity contribution in [2.24, 2.45) is 0 Å². The van der Waals surface area contributed by atoms with E-state index in [1.54, 1.807) is 35.2 Å². The van der Waals surface area contributed by atoms with E-state index in [-0.39, 0.29) is 18.5 Å². The van der Waals surface area contributed by atoms with Gasteiger partial charge in [-0.15, -0.1) is 0 Å². The SMILES string of the molecule is O=C(CN1CCN(c2cccc(Cl)c2)C1=O)Nc1ccc(Br)cc1. The molecule has 7 heteroatoms. The molecule has 0 radical (unpaired) electrons. The predicted molar refractivity (Wildman–Crippen MR) is 98.5 cm³/mol. The van der Waals surface area contributed by atoms with Crippen LogP contribution >= 0.6 is 27.5 Å². The Labute approximate surface area is 153 Å². The van der Waals surface area contributed by atoms with Gasteiger partial charge in [0.05, 0.1) is 0 Å². The Morgan fingerprint density at radius 3 is 2.62 bits per heavy atom. The minimum Gasteiger partial charge on any atom is -0.325 e. The Kier molecular flexibility index (Phi) is 5.06. The van der Waals surface area contributed by atoms with Crippen LogP contribution in [0, 0.1) is 0 Å². The van der Waals surface area contributed by atoms with E-state index < -0.39 is 0 Å². The molecule has 0 aliphatic carbocycles. The summed E-state index contributed by atoms with van der Waals surface area (Å²) in [5, 5.41) is 3.36. The Morgan fingerprint density at radius 1 is 1.17 bits per heavy atom. The van der Waals surface area contributed by atoms with E-state index in [1.807, 2.05) is 18.2 Å². The summed E-state index contributed by atoms with van der Waals surface area (Å²) in [6.45, 7) is 1.05. The maximum atomic E-state index is 12.5. The van der Waals surface area contributed by atoms with Gasteiger partial charge in [-0.3, -0.25) is 9.69 Å². The van der Waals surface area contributed by atoms with Crippen LogP contribution in [0.5, 0.6) is 0 Å². The van der Waals surface area contributed by atoms with Gasteiger partial charge >= 0.3 is 6.03 Å². The zero-order valence-corrected chi connectivity index (χ0v) is 15.0. The van der Waals surface area contributed by atoms with Crippen LogP contribution in [0.3, 0.4) is 0 Å². The number of carbonyl (C=O) groups is 2. The van der Waals surface area contributed by atoms with E-state index in [1.165, 1.54) is 4.90 Å². The van der Waals surface area contributed by atoms with Gasteiger partial charge in [0.25, 0.3) is 0 Å². The van der Waals surface area contributed by atoms with E-state index in [2.05, 4.69) is 21.2 Å². The molecule has 3 amide bonds. The lowest BCUT2D eigenvalue weighted by molar-refractivity contribution is -0.116. The van der Waals surface area contributed by atoms with Gasteiger partial charge in [0.15, 0.2) is 0 Å². The first kappa shape index (κ1) is 16.8. The molecule has 0 atom stereocenters. The van der Waals surface area contributed by atoms with Crippen LogP contribution in [-0.2, 0) is 4.79 Å². The molecule has 1 N–H and O–H groups in total. The number of urea groups is 1. The highest BCUT2D eigenvalue weighted by atomic mass is 79.9. The number of halogens is 2. The Balaban J connectivity index is 1.61. The van der Waals surface area contributed by atoms with Crippen molar-refractivity contribution in [2.75, 3.05) is 29.9 Å². The van der Waals surface area contributed by atoms with Crippen LogP contribution in [-0.4, -0.2) is 36.5 Å². The number of nitrogens with zero attached hydrogens (tertiary/aromatic N) is 2. The highest BCUT2D eigenvalue weighted by molar-refractivity contribution is 9.10. The van der Waals surface area contributed by atoms with Crippen molar-refractivity contribution in [3.05, 3.63) is 58.0 Å². The summed E-state index contributed by atoms with van der Waals surface area (Å²) in [5.74, 6) is -0.224. The molecule has 5 nitrogen and oxygen atoms in total. The van der Waals surface area contributed by atoms with Crippen molar-refractivity contribution in [1.82, 2.24) is 4.90 Å². The number of hydrogen-bond acceptors (Lipinski definition) is 2. The van der Waals surface area contributed by atoms with Crippen LogP contribution in [0.15, 0.2) is 53.0 Å². The molecule has 0 saturated carbocycles. The molecule has 3 rings (SSSR count). The molecule has 2 aromatic rings. The van der Waals surface area contributed by atoms with Gasteiger partial charge in [-0.25, -0.2) is 4.79 Å². The lowest BCUT2D eigenvalue weighted by Gasteiger charge is -2.18. The van der Waals surface area contributed by atoms with E-state index in [0.29, 0.717) is 23.8 Å². The zero-order valence-electron chi connectivity index (χ0n) is 12.7. The third kappa shape index (κ3) is 3.88. The number of benzene rings is 2. The molecule has 1 fully saturated rings. The van der Waals surface area contributed by atoms with E-state index >= 15 is 0 Å². The smallest absolute Gasteiger partial charge is 0.325 e. The number of rotatable bonds is 4. The number of nitrogens with one attached hydrogen (secondary N) is 1. The molecule has 124 valence electrons. The first-order chi connectivity index (χ1) is 11.5. The molecular weight excluding hydrogens is 394 g/mol. The fourth-order valence-corrected chi connectivity index (χ4v) is 2.97. The summed E-state index contributed by atoms with van der Waals surface area (Å²) in [5.41, 5.74) is 1.44. The van der Waals surface area contributed by atoms with Gasteiger partial charge in [0, 0.05) is 34.0 Å². The van der Waals surface area contributed by atoms with E-state index in [9.17, 15) is 9.59 Å². The molecular formula is C17H15BrClN3O2. The normalized spacial score (nSPS) is 14.2. The maximum Gasteiger partial charge on any atom is 0.325 e. The Bertz CT molecular complexity index is 767. The van der Waals surface area contributed by atoms with Crippen LogP contribution in [0.25, 0.3) is 0 Å². The summed E-state index contributed by atoms with van der Waals surface area (Å²) in [6, 6.07) is 14.2. The van der Waals surface area contributed by atoms with Gasteiger partial charge in [0.2, 0.25) is 5.91 Å². The van der Waals surface area contributed by atoms with Crippen molar-refractivity contribution in [1.29, 1.82) is 0 Å². The molecule has 24 heavy (non-hydrogen) atoms.